The van der Waals surface area contributed by atoms with E-state index in [9.17, 15) is 13.2 Å². The molecule has 0 aliphatic carbocycles. The first kappa shape index (κ1) is 17.5. The van der Waals surface area contributed by atoms with E-state index in [4.69, 9.17) is 5.73 Å². The number of para-hydroxylation sites is 1. The third-order valence-corrected chi connectivity index (χ3v) is 5.88. The van der Waals surface area contributed by atoms with Crippen molar-refractivity contribution in [3.05, 3.63) is 23.8 Å². The van der Waals surface area contributed by atoms with Gasteiger partial charge in [0.25, 0.3) is 0 Å². The van der Waals surface area contributed by atoms with Gasteiger partial charge in [-0.2, -0.15) is 0 Å². The van der Waals surface area contributed by atoms with Crippen LogP contribution in [-0.4, -0.2) is 25.1 Å². The highest BCUT2D eigenvalue weighted by Gasteiger charge is 2.33. The van der Waals surface area contributed by atoms with E-state index in [2.05, 4.69) is 5.32 Å². The van der Waals surface area contributed by atoms with Gasteiger partial charge in [-0.3, -0.25) is 4.79 Å². The van der Waals surface area contributed by atoms with Crippen LogP contribution in [0.25, 0.3) is 0 Å². The number of nitrogens with one attached hydrogen (secondary N) is 1. The summed E-state index contributed by atoms with van der Waals surface area (Å²) < 4.78 is 25.2. The maximum Gasteiger partial charge on any atom is 0.238 e. The first-order valence-electron chi connectivity index (χ1n) is 6.94. The first-order chi connectivity index (χ1) is 9.53. The van der Waals surface area contributed by atoms with E-state index >= 15 is 0 Å². The summed E-state index contributed by atoms with van der Waals surface area (Å²) in [4.78, 5) is 12.2. The number of anilines is 1. The fourth-order valence-corrected chi connectivity index (χ4v) is 3.21. The number of benzene rings is 1. The molecule has 1 unspecified atom stereocenters. The number of nitrogen functional groups attached to an aromatic ring is 1. The molecule has 0 aromatic heterocycles. The van der Waals surface area contributed by atoms with Gasteiger partial charge in [-0.25, -0.2) is 8.42 Å². The SMILES string of the molecule is CCC(C)(C)NC(=O)C(C)S(=O)(=O)c1cccc(C)c1N. The number of hydrogen-bond acceptors (Lipinski definition) is 4. The third kappa shape index (κ3) is 3.75. The Hall–Kier alpha value is -1.56. The molecule has 0 saturated heterocycles. The number of aryl methyl sites for hydroxylation is 1. The van der Waals surface area contributed by atoms with Gasteiger partial charge in [-0.1, -0.05) is 19.1 Å². The molecule has 1 rings (SSSR count). The second kappa shape index (κ2) is 6.05. The summed E-state index contributed by atoms with van der Waals surface area (Å²) in [5.41, 5.74) is 6.28. The van der Waals surface area contributed by atoms with Gasteiger partial charge in [0, 0.05) is 5.54 Å². The molecule has 1 aromatic rings. The van der Waals surface area contributed by atoms with Crippen molar-refractivity contribution < 1.29 is 13.2 Å². The molecular formula is C15H24N2O3S. The van der Waals surface area contributed by atoms with Gasteiger partial charge >= 0.3 is 0 Å². The van der Waals surface area contributed by atoms with E-state index in [-0.39, 0.29) is 10.6 Å². The standard InChI is InChI=1S/C15H24N2O3S/c1-6-15(4,5)17-14(18)11(3)21(19,20)12-9-7-8-10(2)13(12)16/h7-9,11H,6,16H2,1-5H3,(H,17,18). The van der Waals surface area contributed by atoms with Gasteiger partial charge in [0.05, 0.1) is 10.6 Å². The highest BCUT2D eigenvalue weighted by atomic mass is 32.2. The van der Waals surface area contributed by atoms with Crippen molar-refractivity contribution in [1.29, 1.82) is 0 Å². The van der Waals surface area contributed by atoms with E-state index in [0.29, 0.717) is 12.0 Å². The zero-order valence-corrected chi connectivity index (χ0v) is 14.0. The van der Waals surface area contributed by atoms with Crippen LogP contribution in [0.1, 0.15) is 39.7 Å². The molecule has 3 N–H and O–H groups in total. The molecule has 0 aliphatic heterocycles. The van der Waals surface area contributed by atoms with Gasteiger partial charge < -0.3 is 11.1 Å². The number of carbonyl (C=O) groups excluding carboxylic acids is 1. The van der Waals surface area contributed by atoms with Crippen LogP contribution < -0.4 is 11.1 Å². The highest BCUT2D eigenvalue weighted by Crippen LogP contribution is 2.25. The van der Waals surface area contributed by atoms with Crippen molar-refractivity contribution in [2.45, 2.75) is 56.7 Å². The van der Waals surface area contributed by atoms with Crippen LogP contribution >= 0.6 is 0 Å². The number of carbonyl (C=O) groups is 1. The van der Waals surface area contributed by atoms with Crippen LogP contribution in [0, 0.1) is 6.92 Å². The Kier molecular flexibility index (Phi) is 5.04. The normalized spacial score (nSPS) is 13.8. The van der Waals surface area contributed by atoms with Crippen molar-refractivity contribution >= 4 is 21.4 Å². The average Bonchev–Trinajstić information content (AvgIpc) is 2.40. The molecule has 0 saturated carbocycles. The van der Waals surface area contributed by atoms with E-state index in [0.717, 1.165) is 0 Å². The molecule has 0 radical (unpaired) electrons. The maximum absolute atomic E-state index is 12.6. The zero-order valence-electron chi connectivity index (χ0n) is 13.2. The molecule has 21 heavy (non-hydrogen) atoms. The van der Waals surface area contributed by atoms with Gasteiger partial charge in [0.15, 0.2) is 9.84 Å². The number of rotatable bonds is 5. The zero-order chi connectivity index (χ0) is 16.4. The minimum absolute atomic E-state index is 0.0134. The Morgan fingerprint density at radius 2 is 1.95 bits per heavy atom. The molecule has 6 heteroatoms. The fourth-order valence-electron chi connectivity index (χ4n) is 1.76. The number of amides is 1. The Labute approximate surface area is 126 Å². The first-order valence-corrected chi connectivity index (χ1v) is 8.48. The van der Waals surface area contributed by atoms with Crippen LogP contribution in [0.2, 0.25) is 0 Å². The predicted molar refractivity (Wildman–Crippen MR) is 84.8 cm³/mol. The van der Waals surface area contributed by atoms with Crippen molar-refractivity contribution in [3.63, 3.8) is 0 Å². The number of hydrogen-bond donors (Lipinski definition) is 2. The Bertz CT molecular complexity index is 636. The molecule has 1 atom stereocenters. The Morgan fingerprint density at radius 1 is 1.38 bits per heavy atom. The second-order valence-electron chi connectivity index (χ2n) is 5.90. The quantitative estimate of drug-likeness (QED) is 0.814. The van der Waals surface area contributed by atoms with Crippen LogP contribution in [-0.2, 0) is 14.6 Å². The van der Waals surface area contributed by atoms with Gasteiger partial charge in [-0.15, -0.1) is 0 Å². The van der Waals surface area contributed by atoms with E-state index in [1.165, 1.54) is 13.0 Å². The van der Waals surface area contributed by atoms with E-state index in [1.54, 1.807) is 19.1 Å². The monoisotopic (exact) mass is 312 g/mol. The summed E-state index contributed by atoms with van der Waals surface area (Å²) in [5.74, 6) is -0.511. The second-order valence-corrected chi connectivity index (χ2v) is 8.14. The lowest BCUT2D eigenvalue weighted by atomic mass is 10.0. The molecule has 0 fully saturated rings. The summed E-state index contributed by atoms with van der Waals surface area (Å²) in [6, 6.07) is 4.80. The van der Waals surface area contributed by atoms with Crippen LogP contribution in [0.15, 0.2) is 23.1 Å². The summed E-state index contributed by atoms with van der Waals surface area (Å²) in [5, 5.41) is 1.57. The molecule has 118 valence electrons. The van der Waals surface area contributed by atoms with Crippen molar-refractivity contribution in [2.24, 2.45) is 0 Å². The molecule has 1 amide bonds. The Balaban J connectivity index is 3.13. The van der Waals surface area contributed by atoms with Crippen LogP contribution in [0.3, 0.4) is 0 Å². The van der Waals surface area contributed by atoms with Gasteiger partial charge in [0.1, 0.15) is 5.25 Å². The van der Waals surface area contributed by atoms with Crippen molar-refractivity contribution in [1.82, 2.24) is 5.32 Å². The summed E-state index contributed by atoms with van der Waals surface area (Å²) in [7, 11) is -3.81. The highest BCUT2D eigenvalue weighted by molar-refractivity contribution is 7.93. The van der Waals surface area contributed by atoms with Crippen molar-refractivity contribution in [3.8, 4) is 0 Å². The molecule has 0 bridgehead atoms. The molecule has 0 heterocycles. The third-order valence-electron chi connectivity index (χ3n) is 3.77. The van der Waals surface area contributed by atoms with Gasteiger partial charge in [-0.05, 0) is 45.7 Å². The number of sulfone groups is 1. The topological polar surface area (TPSA) is 89.3 Å². The number of nitrogens with two attached hydrogens (primary N) is 1. The molecular weight excluding hydrogens is 288 g/mol. The average molecular weight is 312 g/mol. The molecule has 1 aromatic carbocycles. The molecule has 0 spiro atoms. The largest absolute Gasteiger partial charge is 0.397 e. The summed E-state index contributed by atoms with van der Waals surface area (Å²) >= 11 is 0. The smallest absolute Gasteiger partial charge is 0.238 e. The van der Waals surface area contributed by atoms with E-state index in [1.807, 2.05) is 20.8 Å². The lowest BCUT2D eigenvalue weighted by Gasteiger charge is -2.26. The lowest BCUT2D eigenvalue weighted by Crippen LogP contribution is -2.48. The van der Waals surface area contributed by atoms with Crippen LogP contribution in [0.5, 0.6) is 0 Å². The molecule has 5 nitrogen and oxygen atoms in total. The lowest BCUT2D eigenvalue weighted by molar-refractivity contribution is -0.122. The minimum Gasteiger partial charge on any atom is -0.397 e. The van der Waals surface area contributed by atoms with E-state index < -0.39 is 26.5 Å². The van der Waals surface area contributed by atoms with Gasteiger partial charge in [0.2, 0.25) is 5.91 Å². The minimum atomic E-state index is -3.81. The summed E-state index contributed by atoms with van der Waals surface area (Å²) in [6.45, 7) is 8.76. The fraction of sp³-hybridized carbons (Fsp3) is 0.533. The van der Waals surface area contributed by atoms with Crippen molar-refractivity contribution in [2.75, 3.05) is 5.73 Å². The maximum atomic E-state index is 12.6. The predicted octanol–water partition coefficient (Wildman–Crippen LogP) is 2.04. The summed E-state index contributed by atoms with van der Waals surface area (Å²) in [6.07, 6.45) is 0.706. The van der Waals surface area contributed by atoms with Crippen LogP contribution in [0.4, 0.5) is 5.69 Å². The molecule has 0 aliphatic rings. The Morgan fingerprint density at radius 3 is 2.48 bits per heavy atom.